The zero-order valence-corrected chi connectivity index (χ0v) is 11.2. The molecule has 0 saturated heterocycles. The largest absolute Gasteiger partial charge is 0.478 e. The van der Waals surface area contributed by atoms with Gasteiger partial charge in [0.1, 0.15) is 11.3 Å². The Morgan fingerprint density at radius 3 is 2.50 bits per heavy atom. The number of nitrogens with one attached hydrogen (secondary N) is 1. The van der Waals surface area contributed by atoms with Crippen LogP contribution in [0.25, 0.3) is 10.9 Å². The summed E-state index contributed by atoms with van der Waals surface area (Å²) in [6, 6.07) is 9.59. The van der Waals surface area contributed by atoms with E-state index in [1.165, 1.54) is 24.4 Å². The van der Waals surface area contributed by atoms with Gasteiger partial charge in [0.15, 0.2) is 5.82 Å². The molecule has 0 spiro atoms. The number of rotatable bonds is 3. The van der Waals surface area contributed by atoms with Gasteiger partial charge in [-0.15, -0.1) is 0 Å². The van der Waals surface area contributed by atoms with Crippen LogP contribution >= 0.6 is 0 Å². The number of carboxylic acid groups (broad SMARTS) is 1. The summed E-state index contributed by atoms with van der Waals surface area (Å²) in [4.78, 5) is 14.7. The van der Waals surface area contributed by atoms with E-state index < -0.39 is 17.6 Å². The fourth-order valence-electron chi connectivity index (χ4n) is 2.14. The molecule has 0 radical (unpaired) electrons. The zero-order chi connectivity index (χ0) is 15.7. The summed E-state index contributed by atoms with van der Waals surface area (Å²) in [5.41, 5.74) is 1.30. The summed E-state index contributed by atoms with van der Waals surface area (Å²) in [7, 11) is 0. The normalized spacial score (nSPS) is 10.6. The van der Waals surface area contributed by atoms with Crippen molar-refractivity contribution < 1.29 is 18.7 Å². The third kappa shape index (κ3) is 2.58. The average Bonchev–Trinajstić information content (AvgIpc) is 2.48. The molecular formula is C16H10F2N2O2. The molecule has 0 atom stereocenters. The number of carbonyl (C=O) groups is 1. The average molecular weight is 300 g/mol. The Labute approximate surface area is 124 Å². The molecule has 1 heterocycles. The lowest BCUT2D eigenvalue weighted by molar-refractivity contribution is 0.0697. The number of anilines is 2. The first-order chi connectivity index (χ1) is 10.5. The maximum absolute atomic E-state index is 13.7. The van der Waals surface area contributed by atoms with E-state index >= 15 is 0 Å². The van der Waals surface area contributed by atoms with E-state index in [4.69, 9.17) is 5.11 Å². The van der Waals surface area contributed by atoms with Crippen molar-refractivity contribution in [2.75, 3.05) is 5.32 Å². The number of halogens is 2. The van der Waals surface area contributed by atoms with Crippen molar-refractivity contribution in [3.63, 3.8) is 0 Å². The van der Waals surface area contributed by atoms with Crippen LogP contribution in [0.3, 0.4) is 0 Å². The Kier molecular flexibility index (Phi) is 3.42. The number of benzene rings is 2. The maximum atomic E-state index is 13.7. The molecule has 3 rings (SSSR count). The molecule has 0 unspecified atom stereocenters. The lowest BCUT2D eigenvalue weighted by Crippen LogP contribution is -1.98. The molecule has 6 heteroatoms. The van der Waals surface area contributed by atoms with Crippen LogP contribution in [-0.4, -0.2) is 16.1 Å². The van der Waals surface area contributed by atoms with Crippen LogP contribution < -0.4 is 5.32 Å². The second kappa shape index (κ2) is 5.40. The molecule has 0 bridgehead atoms. The topological polar surface area (TPSA) is 62.2 Å². The van der Waals surface area contributed by atoms with E-state index in [0.29, 0.717) is 16.8 Å². The van der Waals surface area contributed by atoms with Crippen molar-refractivity contribution in [3.8, 4) is 0 Å². The van der Waals surface area contributed by atoms with E-state index in [9.17, 15) is 13.6 Å². The maximum Gasteiger partial charge on any atom is 0.335 e. The zero-order valence-electron chi connectivity index (χ0n) is 11.2. The predicted molar refractivity (Wildman–Crippen MR) is 78.3 cm³/mol. The van der Waals surface area contributed by atoms with Crippen LogP contribution in [0.1, 0.15) is 10.4 Å². The summed E-state index contributed by atoms with van der Waals surface area (Å²) < 4.78 is 27.1. The highest BCUT2D eigenvalue weighted by Crippen LogP contribution is 2.27. The predicted octanol–water partition coefficient (Wildman–Crippen LogP) is 3.95. The van der Waals surface area contributed by atoms with Crippen molar-refractivity contribution in [1.29, 1.82) is 0 Å². The van der Waals surface area contributed by atoms with Crippen molar-refractivity contribution in [1.82, 2.24) is 4.98 Å². The monoisotopic (exact) mass is 300 g/mol. The number of pyridine rings is 1. The number of fused-ring (bicyclic) bond motifs is 1. The molecule has 0 aliphatic heterocycles. The van der Waals surface area contributed by atoms with Gasteiger partial charge in [0.2, 0.25) is 0 Å². The van der Waals surface area contributed by atoms with E-state index in [-0.39, 0.29) is 11.1 Å². The number of nitrogens with zero attached hydrogens (tertiary/aromatic N) is 1. The molecule has 22 heavy (non-hydrogen) atoms. The van der Waals surface area contributed by atoms with Crippen molar-refractivity contribution in [3.05, 3.63) is 65.9 Å². The van der Waals surface area contributed by atoms with Gasteiger partial charge in [0.25, 0.3) is 0 Å². The number of hydrogen-bond donors (Lipinski definition) is 2. The molecule has 0 amide bonds. The summed E-state index contributed by atoms with van der Waals surface area (Å²) in [5, 5.41) is 12.2. The number of hydrogen-bond acceptors (Lipinski definition) is 3. The van der Waals surface area contributed by atoms with Crippen LogP contribution in [0.4, 0.5) is 20.2 Å². The first kappa shape index (κ1) is 13.9. The van der Waals surface area contributed by atoms with Crippen LogP contribution in [0, 0.1) is 11.6 Å². The molecule has 2 N–H and O–H groups in total. The number of aromatic carboxylic acids is 1. The minimum absolute atomic E-state index is 0.0635. The Balaban J connectivity index is 2.02. The van der Waals surface area contributed by atoms with Gasteiger partial charge in [-0.2, -0.15) is 0 Å². The lowest BCUT2D eigenvalue weighted by Gasteiger charge is -2.10. The molecule has 0 aliphatic rings. The molecule has 1 aromatic heterocycles. The fraction of sp³-hybridized carbons (Fsp3) is 0. The SMILES string of the molecule is O=C(O)c1ccc(Nc2ccnc3c(F)cc(F)cc23)cc1. The molecule has 4 nitrogen and oxygen atoms in total. The standard InChI is InChI=1S/C16H10F2N2O2/c17-10-7-12-14(5-6-19-15(12)13(18)8-10)20-11-3-1-9(2-4-11)16(21)22/h1-8H,(H,19,20)(H,21,22). The summed E-state index contributed by atoms with van der Waals surface area (Å²) in [5.74, 6) is -2.45. The van der Waals surface area contributed by atoms with E-state index in [0.717, 1.165) is 6.07 Å². The smallest absolute Gasteiger partial charge is 0.335 e. The van der Waals surface area contributed by atoms with Crippen LogP contribution in [-0.2, 0) is 0 Å². The Morgan fingerprint density at radius 1 is 1.09 bits per heavy atom. The van der Waals surface area contributed by atoms with Gasteiger partial charge in [-0.1, -0.05) is 0 Å². The van der Waals surface area contributed by atoms with Gasteiger partial charge in [-0.05, 0) is 36.4 Å². The molecule has 0 aliphatic carbocycles. The number of carboxylic acids is 1. The van der Waals surface area contributed by atoms with Crippen LogP contribution in [0.15, 0.2) is 48.7 Å². The lowest BCUT2D eigenvalue weighted by atomic mass is 10.1. The highest BCUT2D eigenvalue weighted by molar-refractivity contribution is 5.93. The van der Waals surface area contributed by atoms with Crippen molar-refractivity contribution in [2.45, 2.75) is 0 Å². The van der Waals surface area contributed by atoms with Crippen LogP contribution in [0.5, 0.6) is 0 Å². The third-order valence-electron chi connectivity index (χ3n) is 3.17. The van der Waals surface area contributed by atoms with Gasteiger partial charge in [-0.3, -0.25) is 4.98 Å². The molecular weight excluding hydrogens is 290 g/mol. The second-order valence-electron chi connectivity index (χ2n) is 4.65. The van der Waals surface area contributed by atoms with E-state index in [2.05, 4.69) is 10.3 Å². The first-order valence-electron chi connectivity index (χ1n) is 6.39. The Morgan fingerprint density at radius 2 is 1.82 bits per heavy atom. The molecule has 2 aromatic carbocycles. The van der Waals surface area contributed by atoms with Gasteiger partial charge in [0, 0.05) is 29.0 Å². The minimum atomic E-state index is -1.02. The quantitative estimate of drug-likeness (QED) is 0.768. The third-order valence-corrected chi connectivity index (χ3v) is 3.17. The highest BCUT2D eigenvalue weighted by Gasteiger charge is 2.09. The van der Waals surface area contributed by atoms with Gasteiger partial charge in [-0.25, -0.2) is 13.6 Å². The Bertz CT molecular complexity index is 864. The fourth-order valence-corrected chi connectivity index (χ4v) is 2.14. The van der Waals surface area contributed by atoms with E-state index in [1.807, 2.05) is 0 Å². The first-order valence-corrected chi connectivity index (χ1v) is 6.39. The van der Waals surface area contributed by atoms with Gasteiger partial charge < -0.3 is 10.4 Å². The summed E-state index contributed by atoms with van der Waals surface area (Å²) in [6.07, 6.45) is 1.41. The van der Waals surface area contributed by atoms with Gasteiger partial charge >= 0.3 is 5.97 Å². The Hall–Kier alpha value is -3.02. The van der Waals surface area contributed by atoms with Crippen molar-refractivity contribution in [2.24, 2.45) is 0 Å². The van der Waals surface area contributed by atoms with Gasteiger partial charge in [0.05, 0.1) is 5.56 Å². The molecule has 0 saturated carbocycles. The molecule has 3 aromatic rings. The summed E-state index contributed by atoms with van der Waals surface area (Å²) in [6.45, 7) is 0. The molecule has 110 valence electrons. The minimum Gasteiger partial charge on any atom is -0.478 e. The number of aromatic nitrogens is 1. The highest BCUT2D eigenvalue weighted by atomic mass is 19.1. The van der Waals surface area contributed by atoms with E-state index in [1.54, 1.807) is 18.2 Å². The second-order valence-corrected chi connectivity index (χ2v) is 4.65. The van der Waals surface area contributed by atoms with Crippen molar-refractivity contribution >= 4 is 28.2 Å². The molecule has 0 fully saturated rings. The van der Waals surface area contributed by atoms with Crippen LogP contribution in [0.2, 0.25) is 0 Å². The summed E-state index contributed by atoms with van der Waals surface area (Å²) >= 11 is 0.